The highest BCUT2D eigenvalue weighted by atomic mass is 35.5. The molecule has 5 heteroatoms. The lowest BCUT2D eigenvalue weighted by Gasteiger charge is -2.36. The van der Waals surface area contributed by atoms with E-state index < -0.39 is 0 Å². The number of hydrogen-bond acceptors (Lipinski definition) is 3. The van der Waals surface area contributed by atoms with Gasteiger partial charge in [-0.15, -0.1) is 12.4 Å². The standard InChI is InChI=1S/C15H28N2O2.ClH/c1-12-7-10-17(11-14(12)19-2)15(18)4-3-13-5-8-16-9-6-13;/h12-14,16H,3-11H2,1-2H3;1H. The van der Waals surface area contributed by atoms with Crippen LogP contribution in [-0.2, 0) is 9.53 Å². The van der Waals surface area contributed by atoms with Crippen LogP contribution in [0.1, 0.15) is 39.0 Å². The molecule has 118 valence electrons. The van der Waals surface area contributed by atoms with E-state index in [9.17, 15) is 4.79 Å². The summed E-state index contributed by atoms with van der Waals surface area (Å²) in [5.41, 5.74) is 0. The van der Waals surface area contributed by atoms with Gasteiger partial charge in [-0.2, -0.15) is 0 Å². The number of ether oxygens (including phenoxy) is 1. The molecular weight excluding hydrogens is 276 g/mol. The first kappa shape index (κ1) is 17.7. The number of halogens is 1. The van der Waals surface area contributed by atoms with E-state index in [1.54, 1.807) is 7.11 Å². The molecule has 2 atom stereocenters. The zero-order valence-electron chi connectivity index (χ0n) is 12.8. The second-order valence-corrected chi connectivity index (χ2v) is 6.11. The maximum atomic E-state index is 12.3. The SMILES string of the molecule is COC1CN(C(=O)CCC2CCNCC2)CCC1C.Cl. The van der Waals surface area contributed by atoms with Crippen molar-refractivity contribution in [1.29, 1.82) is 0 Å². The molecule has 0 saturated carbocycles. The molecule has 2 rings (SSSR count). The first-order valence-corrected chi connectivity index (χ1v) is 7.72. The number of hydrogen-bond donors (Lipinski definition) is 1. The number of piperidine rings is 2. The Bertz CT molecular complexity index is 296. The summed E-state index contributed by atoms with van der Waals surface area (Å²) in [5.74, 6) is 1.64. The molecule has 2 saturated heterocycles. The van der Waals surface area contributed by atoms with Gasteiger partial charge in [-0.05, 0) is 50.6 Å². The molecule has 2 heterocycles. The first-order chi connectivity index (χ1) is 9.20. The van der Waals surface area contributed by atoms with E-state index in [4.69, 9.17) is 4.74 Å². The third-order valence-corrected chi connectivity index (χ3v) is 4.77. The molecule has 0 aliphatic carbocycles. The van der Waals surface area contributed by atoms with Crippen molar-refractivity contribution in [2.24, 2.45) is 11.8 Å². The molecule has 0 radical (unpaired) electrons. The van der Waals surface area contributed by atoms with Crippen LogP contribution in [0.5, 0.6) is 0 Å². The molecule has 1 amide bonds. The highest BCUT2D eigenvalue weighted by Crippen LogP contribution is 2.22. The number of likely N-dealkylation sites (tertiary alicyclic amines) is 1. The molecule has 2 aliphatic heterocycles. The zero-order chi connectivity index (χ0) is 13.7. The fraction of sp³-hybridized carbons (Fsp3) is 0.933. The number of carbonyl (C=O) groups is 1. The Morgan fingerprint density at radius 1 is 1.30 bits per heavy atom. The van der Waals surface area contributed by atoms with E-state index in [2.05, 4.69) is 12.2 Å². The molecular formula is C15H29ClN2O2. The van der Waals surface area contributed by atoms with E-state index in [1.165, 1.54) is 12.8 Å². The summed E-state index contributed by atoms with van der Waals surface area (Å²) in [6.07, 6.45) is 5.52. The maximum absolute atomic E-state index is 12.3. The lowest BCUT2D eigenvalue weighted by atomic mass is 9.92. The number of nitrogens with one attached hydrogen (secondary N) is 1. The second kappa shape index (κ2) is 8.85. The summed E-state index contributed by atoms with van der Waals surface area (Å²) >= 11 is 0. The molecule has 2 unspecified atom stereocenters. The van der Waals surface area contributed by atoms with Crippen molar-refractivity contribution in [3.05, 3.63) is 0 Å². The van der Waals surface area contributed by atoms with Crippen LogP contribution in [0.4, 0.5) is 0 Å². The molecule has 2 fully saturated rings. The lowest BCUT2D eigenvalue weighted by molar-refractivity contribution is -0.136. The quantitative estimate of drug-likeness (QED) is 0.864. The van der Waals surface area contributed by atoms with Crippen LogP contribution in [0.3, 0.4) is 0 Å². The number of nitrogens with zero attached hydrogens (tertiary/aromatic N) is 1. The Labute approximate surface area is 129 Å². The van der Waals surface area contributed by atoms with Gasteiger partial charge >= 0.3 is 0 Å². The third kappa shape index (κ3) is 4.90. The van der Waals surface area contributed by atoms with Crippen LogP contribution < -0.4 is 5.32 Å². The van der Waals surface area contributed by atoms with Crippen LogP contribution >= 0.6 is 12.4 Å². The van der Waals surface area contributed by atoms with Gasteiger partial charge in [0.15, 0.2) is 0 Å². The average molecular weight is 305 g/mol. The van der Waals surface area contributed by atoms with Crippen LogP contribution in [0.25, 0.3) is 0 Å². The van der Waals surface area contributed by atoms with Gasteiger partial charge in [-0.3, -0.25) is 4.79 Å². The predicted molar refractivity (Wildman–Crippen MR) is 83.2 cm³/mol. The summed E-state index contributed by atoms with van der Waals surface area (Å²) in [6, 6.07) is 0. The molecule has 0 spiro atoms. The number of amides is 1. The predicted octanol–water partition coefficient (Wildman–Crippen LogP) is 2.07. The van der Waals surface area contributed by atoms with Gasteiger partial charge in [0.2, 0.25) is 5.91 Å². The molecule has 20 heavy (non-hydrogen) atoms. The molecule has 4 nitrogen and oxygen atoms in total. The minimum atomic E-state index is 0. The summed E-state index contributed by atoms with van der Waals surface area (Å²) < 4.78 is 5.48. The van der Waals surface area contributed by atoms with Gasteiger partial charge in [-0.1, -0.05) is 6.92 Å². The minimum Gasteiger partial charge on any atom is -0.379 e. The number of methoxy groups -OCH3 is 1. The molecule has 0 bridgehead atoms. The van der Waals surface area contributed by atoms with Crippen molar-refractivity contribution in [1.82, 2.24) is 10.2 Å². The lowest BCUT2D eigenvalue weighted by Crippen LogP contribution is -2.46. The van der Waals surface area contributed by atoms with Crippen molar-refractivity contribution in [2.75, 3.05) is 33.3 Å². The Morgan fingerprint density at radius 3 is 2.65 bits per heavy atom. The Hall–Kier alpha value is -0.320. The normalized spacial score (nSPS) is 28.0. The van der Waals surface area contributed by atoms with E-state index in [-0.39, 0.29) is 18.5 Å². The second-order valence-electron chi connectivity index (χ2n) is 6.11. The van der Waals surface area contributed by atoms with Crippen LogP contribution in [0.15, 0.2) is 0 Å². The topological polar surface area (TPSA) is 41.6 Å². The van der Waals surface area contributed by atoms with Crippen LogP contribution in [0.2, 0.25) is 0 Å². The number of rotatable bonds is 4. The zero-order valence-corrected chi connectivity index (χ0v) is 13.6. The van der Waals surface area contributed by atoms with Gasteiger partial charge in [0.1, 0.15) is 0 Å². The largest absolute Gasteiger partial charge is 0.379 e. The van der Waals surface area contributed by atoms with Crippen molar-refractivity contribution in [2.45, 2.75) is 45.1 Å². The summed E-state index contributed by atoms with van der Waals surface area (Å²) in [4.78, 5) is 14.3. The van der Waals surface area contributed by atoms with Gasteiger partial charge in [-0.25, -0.2) is 0 Å². The number of carbonyl (C=O) groups excluding carboxylic acids is 1. The van der Waals surface area contributed by atoms with Crippen LogP contribution in [-0.4, -0.2) is 50.2 Å². The highest BCUT2D eigenvalue weighted by Gasteiger charge is 2.28. The fourth-order valence-corrected chi connectivity index (χ4v) is 3.22. The Morgan fingerprint density at radius 2 is 2.00 bits per heavy atom. The summed E-state index contributed by atoms with van der Waals surface area (Å²) in [6.45, 7) is 6.14. The van der Waals surface area contributed by atoms with Crippen molar-refractivity contribution < 1.29 is 9.53 Å². The minimum absolute atomic E-state index is 0. The van der Waals surface area contributed by atoms with E-state index >= 15 is 0 Å². The highest BCUT2D eigenvalue weighted by molar-refractivity contribution is 5.85. The Balaban J connectivity index is 0.00000200. The smallest absolute Gasteiger partial charge is 0.222 e. The van der Waals surface area contributed by atoms with E-state index in [0.717, 1.165) is 51.4 Å². The molecule has 0 aromatic carbocycles. The van der Waals surface area contributed by atoms with Gasteiger partial charge in [0, 0.05) is 26.6 Å². The van der Waals surface area contributed by atoms with Crippen LogP contribution in [0, 0.1) is 11.8 Å². The van der Waals surface area contributed by atoms with E-state index in [0.29, 0.717) is 11.8 Å². The van der Waals surface area contributed by atoms with E-state index in [1.807, 2.05) is 4.90 Å². The van der Waals surface area contributed by atoms with Crippen molar-refractivity contribution in [3.63, 3.8) is 0 Å². The van der Waals surface area contributed by atoms with Gasteiger partial charge < -0.3 is 15.0 Å². The van der Waals surface area contributed by atoms with Crippen molar-refractivity contribution >= 4 is 18.3 Å². The fourth-order valence-electron chi connectivity index (χ4n) is 3.22. The molecule has 1 N–H and O–H groups in total. The Kier molecular flexibility index (Phi) is 7.85. The summed E-state index contributed by atoms with van der Waals surface area (Å²) in [5, 5.41) is 3.37. The summed E-state index contributed by atoms with van der Waals surface area (Å²) in [7, 11) is 1.75. The van der Waals surface area contributed by atoms with Crippen molar-refractivity contribution in [3.8, 4) is 0 Å². The third-order valence-electron chi connectivity index (χ3n) is 4.77. The molecule has 0 aromatic heterocycles. The van der Waals surface area contributed by atoms with Gasteiger partial charge in [0.25, 0.3) is 0 Å². The first-order valence-electron chi connectivity index (χ1n) is 7.72. The average Bonchev–Trinajstić information content (AvgIpc) is 2.46. The monoisotopic (exact) mass is 304 g/mol. The maximum Gasteiger partial charge on any atom is 0.222 e. The molecule has 2 aliphatic rings. The van der Waals surface area contributed by atoms with Gasteiger partial charge in [0.05, 0.1) is 6.10 Å². The molecule has 0 aromatic rings.